The minimum absolute atomic E-state index is 0.0112. The molecule has 1 aliphatic heterocycles. The van der Waals surface area contributed by atoms with Gasteiger partial charge in [0.25, 0.3) is 10.0 Å². The van der Waals surface area contributed by atoms with Crippen molar-refractivity contribution in [1.29, 1.82) is 0 Å². The Bertz CT molecular complexity index is 636. The van der Waals surface area contributed by atoms with E-state index >= 15 is 0 Å². The summed E-state index contributed by atoms with van der Waals surface area (Å²) in [7, 11) is -5.12. The van der Waals surface area contributed by atoms with E-state index in [-0.39, 0.29) is 29.6 Å². The van der Waals surface area contributed by atoms with Gasteiger partial charge in [0.1, 0.15) is 0 Å². The summed E-state index contributed by atoms with van der Waals surface area (Å²) in [6.45, 7) is 0.350. The van der Waals surface area contributed by atoms with Crippen molar-refractivity contribution in [2.24, 2.45) is 0 Å². The predicted octanol–water partition coefficient (Wildman–Crippen LogP) is -1.45. The summed E-state index contributed by atoms with van der Waals surface area (Å²) in [6.07, 6.45) is 1.45. The summed E-state index contributed by atoms with van der Waals surface area (Å²) in [4.78, 5) is 0. The topological polar surface area (TPSA) is 112 Å². The SMILES string of the molecule is CNCc1cn[nH]c1S(=O)(=O)N1CCS(=O)(=O)CC1. The standard InChI is InChI=1S/C9H16N4O4S2/c1-10-6-8-7-11-12-9(8)19(16,17)13-2-4-18(14,15)5-3-13/h7,10H,2-6H2,1H3,(H,11,12). The molecular weight excluding hydrogens is 292 g/mol. The molecule has 108 valence electrons. The summed E-state index contributed by atoms with van der Waals surface area (Å²) in [5.41, 5.74) is 0.538. The zero-order valence-electron chi connectivity index (χ0n) is 10.5. The van der Waals surface area contributed by atoms with Crippen LogP contribution in [0.15, 0.2) is 11.2 Å². The van der Waals surface area contributed by atoms with Crippen molar-refractivity contribution in [3.63, 3.8) is 0 Å². The van der Waals surface area contributed by atoms with Crippen LogP contribution in [0.4, 0.5) is 0 Å². The molecule has 0 atom stereocenters. The molecule has 0 bridgehead atoms. The summed E-state index contributed by atoms with van der Waals surface area (Å²) in [5.74, 6) is -0.274. The molecule has 19 heavy (non-hydrogen) atoms. The Kier molecular flexibility index (Phi) is 3.95. The highest BCUT2D eigenvalue weighted by atomic mass is 32.2. The van der Waals surface area contributed by atoms with Gasteiger partial charge in [-0.25, -0.2) is 16.8 Å². The van der Waals surface area contributed by atoms with Crippen LogP contribution in [0.1, 0.15) is 5.56 Å². The number of rotatable bonds is 4. The first kappa shape index (κ1) is 14.4. The number of H-pyrrole nitrogens is 1. The maximum atomic E-state index is 12.4. The molecule has 1 aliphatic rings. The van der Waals surface area contributed by atoms with Crippen molar-refractivity contribution in [3.05, 3.63) is 11.8 Å². The first-order chi connectivity index (χ1) is 8.87. The Morgan fingerprint density at radius 1 is 1.42 bits per heavy atom. The Balaban J connectivity index is 2.25. The second kappa shape index (κ2) is 5.19. The number of aromatic amines is 1. The molecule has 1 fully saturated rings. The van der Waals surface area contributed by atoms with Gasteiger partial charge in [-0.15, -0.1) is 0 Å². The van der Waals surface area contributed by atoms with Crippen LogP contribution in [0.25, 0.3) is 0 Å². The average molecular weight is 308 g/mol. The van der Waals surface area contributed by atoms with Gasteiger partial charge in [0, 0.05) is 25.2 Å². The van der Waals surface area contributed by atoms with Crippen LogP contribution in [0.3, 0.4) is 0 Å². The number of hydrogen-bond donors (Lipinski definition) is 2. The molecular formula is C9H16N4O4S2. The Morgan fingerprint density at radius 2 is 2.05 bits per heavy atom. The van der Waals surface area contributed by atoms with Gasteiger partial charge in [-0.3, -0.25) is 5.10 Å². The number of sulfonamides is 1. The lowest BCUT2D eigenvalue weighted by molar-refractivity contribution is 0.428. The van der Waals surface area contributed by atoms with Gasteiger partial charge < -0.3 is 5.32 Å². The van der Waals surface area contributed by atoms with E-state index in [1.807, 2.05) is 0 Å². The highest BCUT2D eigenvalue weighted by molar-refractivity contribution is 7.92. The van der Waals surface area contributed by atoms with Crippen LogP contribution < -0.4 is 5.32 Å². The van der Waals surface area contributed by atoms with Crippen molar-refractivity contribution in [1.82, 2.24) is 19.8 Å². The first-order valence-corrected chi connectivity index (χ1v) is 9.00. The third kappa shape index (κ3) is 2.96. The fraction of sp³-hybridized carbons (Fsp3) is 0.667. The molecule has 0 saturated carbocycles. The lowest BCUT2D eigenvalue weighted by Gasteiger charge is -2.25. The molecule has 0 amide bonds. The van der Waals surface area contributed by atoms with E-state index in [9.17, 15) is 16.8 Å². The van der Waals surface area contributed by atoms with Gasteiger partial charge in [-0.05, 0) is 7.05 Å². The minimum Gasteiger partial charge on any atom is -0.316 e. The summed E-state index contributed by atoms with van der Waals surface area (Å²) < 4.78 is 48.6. The van der Waals surface area contributed by atoms with Crippen molar-refractivity contribution in [3.8, 4) is 0 Å². The number of hydrogen-bond acceptors (Lipinski definition) is 6. The van der Waals surface area contributed by atoms with E-state index in [1.54, 1.807) is 7.05 Å². The zero-order valence-corrected chi connectivity index (χ0v) is 12.1. The third-order valence-corrected chi connectivity index (χ3v) is 6.47. The first-order valence-electron chi connectivity index (χ1n) is 5.74. The highest BCUT2D eigenvalue weighted by Gasteiger charge is 2.33. The molecule has 1 aromatic heterocycles. The van der Waals surface area contributed by atoms with E-state index in [0.717, 1.165) is 0 Å². The molecule has 2 N–H and O–H groups in total. The van der Waals surface area contributed by atoms with Crippen LogP contribution in [-0.2, 0) is 26.4 Å². The fourth-order valence-corrected chi connectivity index (χ4v) is 4.88. The maximum Gasteiger partial charge on any atom is 0.260 e. The maximum absolute atomic E-state index is 12.4. The van der Waals surface area contributed by atoms with Crippen molar-refractivity contribution < 1.29 is 16.8 Å². The summed E-state index contributed by atoms with van der Waals surface area (Å²) in [6, 6.07) is 0. The van der Waals surface area contributed by atoms with Crippen LogP contribution >= 0.6 is 0 Å². The molecule has 0 unspecified atom stereocenters. The van der Waals surface area contributed by atoms with Gasteiger partial charge >= 0.3 is 0 Å². The second-order valence-electron chi connectivity index (χ2n) is 4.31. The number of aromatic nitrogens is 2. The quantitative estimate of drug-likeness (QED) is 0.703. The largest absolute Gasteiger partial charge is 0.316 e. The Labute approximate surface area is 112 Å². The van der Waals surface area contributed by atoms with Crippen LogP contribution in [0.2, 0.25) is 0 Å². The van der Waals surface area contributed by atoms with Gasteiger partial charge in [-0.2, -0.15) is 9.40 Å². The highest BCUT2D eigenvalue weighted by Crippen LogP contribution is 2.19. The summed E-state index contributed by atoms with van der Waals surface area (Å²) in [5, 5.41) is 9.11. The molecule has 8 nitrogen and oxygen atoms in total. The monoisotopic (exact) mass is 308 g/mol. The molecule has 0 aliphatic carbocycles. The molecule has 1 aromatic rings. The third-order valence-electron chi connectivity index (χ3n) is 2.95. The van der Waals surface area contributed by atoms with Crippen LogP contribution in [0.5, 0.6) is 0 Å². The second-order valence-corrected chi connectivity index (χ2v) is 8.49. The van der Waals surface area contributed by atoms with Crippen LogP contribution in [-0.4, -0.2) is 63.0 Å². The zero-order chi connectivity index (χ0) is 14.1. The summed E-state index contributed by atoms with van der Waals surface area (Å²) >= 11 is 0. The fourth-order valence-electron chi connectivity index (χ4n) is 1.90. The molecule has 2 rings (SSSR count). The van der Waals surface area contributed by atoms with E-state index in [2.05, 4.69) is 15.5 Å². The normalized spacial score (nSPS) is 20.5. The van der Waals surface area contributed by atoms with Crippen molar-refractivity contribution in [2.45, 2.75) is 11.6 Å². The number of nitrogens with one attached hydrogen (secondary N) is 2. The van der Waals surface area contributed by atoms with E-state index in [0.29, 0.717) is 12.1 Å². The van der Waals surface area contributed by atoms with E-state index < -0.39 is 19.9 Å². The number of sulfone groups is 1. The van der Waals surface area contributed by atoms with Gasteiger partial charge in [0.15, 0.2) is 14.9 Å². The number of nitrogens with zero attached hydrogens (tertiary/aromatic N) is 2. The van der Waals surface area contributed by atoms with Crippen molar-refractivity contribution >= 4 is 19.9 Å². The molecule has 0 radical (unpaired) electrons. The molecule has 0 aromatic carbocycles. The lowest BCUT2D eigenvalue weighted by Crippen LogP contribution is -2.44. The molecule has 0 spiro atoms. The Hall–Kier alpha value is -0.970. The predicted molar refractivity (Wildman–Crippen MR) is 68.8 cm³/mol. The molecule has 2 heterocycles. The van der Waals surface area contributed by atoms with E-state index in [1.165, 1.54) is 10.5 Å². The van der Waals surface area contributed by atoms with E-state index in [4.69, 9.17) is 0 Å². The smallest absolute Gasteiger partial charge is 0.260 e. The Morgan fingerprint density at radius 3 is 2.63 bits per heavy atom. The van der Waals surface area contributed by atoms with Gasteiger partial charge in [-0.1, -0.05) is 0 Å². The van der Waals surface area contributed by atoms with Crippen LogP contribution in [0, 0.1) is 0 Å². The van der Waals surface area contributed by atoms with Gasteiger partial charge in [0.2, 0.25) is 0 Å². The molecule has 10 heteroatoms. The lowest BCUT2D eigenvalue weighted by atomic mass is 10.4. The van der Waals surface area contributed by atoms with Gasteiger partial charge in [0.05, 0.1) is 17.7 Å². The minimum atomic E-state index is -3.71. The van der Waals surface area contributed by atoms with Crippen molar-refractivity contribution in [2.75, 3.05) is 31.6 Å². The average Bonchev–Trinajstić information content (AvgIpc) is 2.78. The molecule has 1 saturated heterocycles.